The minimum Gasteiger partial charge on any atom is -0.376 e. The number of anilines is 1. The molecule has 0 amide bonds. The van der Waals surface area contributed by atoms with E-state index in [0.29, 0.717) is 0 Å². The molecule has 0 saturated carbocycles. The molecule has 7 heteroatoms. The van der Waals surface area contributed by atoms with Crippen molar-refractivity contribution in [2.45, 2.75) is 46.0 Å². The number of nitrogens with zero attached hydrogens (tertiary/aromatic N) is 6. The molecular formula is C29H35BN6. The van der Waals surface area contributed by atoms with Crippen LogP contribution in [0.4, 0.5) is 5.69 Å². The van der Waals surface area contributed by atoms with Crippen molar-refractivity contribution in [1.82, 2.24) is 24.5 Å². The summed E-state index contributed by atoms with van der Waals surface area (Å²) < 4.78 is 3.26. The summed E-state index contributed by atoms with van der Waals surface area (Å²) >= 11 is 0. The fraction of sp³-hybridized carbons (Fsp3) is 0.345. The van der Waals surface area contributed by atoms with E-state index in [0.717, 1.165) is 69.4 Å². The molecule has 0 aliphatic rings. The lowest BCUT2D eigenvalue weighted by molar-refractivity contribution is 0.661. The van der Waals surface area contributed by atoms with Gasteiger partial charge in [0.05, 0.1) is 29.8 Å². The van der Waals surface area contributed by atoms with E-state index in [1.165, 1.54) is 10.2 Å². The molecule has 1 aromatic carbocycles. The lowest BCUT2D eigenvalue weighted by Crippen LogP contribution is -2.17. The molecule has 0 fully saturated rings. The number of aryl methyl sites for hydroxylation is 2. The van der Waals surface area contributed by atoms with E-state index in [2.05, 4.69) is 80.9 Å². The zero-order valence-electron chi connectivity index (χ0n) is 22.3. The maximum atomic E-state index is 6.03. The normalized spacial score (nSPS) is 13.1. The number of unbranched alkanes of at least 4 members (excludes halogenated alkanes) is 1. The van der Waals surface area contributed by atoms with Crippen LogP contribution in [0.2, 0.25) is 0 Å². The van der Waals surface area contributed by atoms with Gasteiger partial charge in [0.25, 0.3) is 7.98 Å². The maximum Gasteiger partial charge on any atom is 0.265 e. The number of allylic oxidation sites excluding steroid dienone is 2. The van der Waals surface area contributed by atoms with E-state index in [-0.39, 0.29) is 5.92 Å². The monoisotopic (exact) mass is 478 g/mol. The first-order valence-corrected chi connectivity index (χ1v) is 12.5. The Labute approximate surface area is 215 Å². The highest BCUT2D eigenvalue weighted by Crippen LogP contribution is 2.43. The first-order valence-electron chi connectivity index (χ1n) is 12.5. The Morgan fingerprint density at radius 3 is 2.58 bits per heavy atom. The predicted octanol–water partition coefficient (Wildman–Crippen LogP) is 5.91. The summed E-state index contributed by atoms with van der Waals surface area (Å²) in [4.78, 5) is 7.04. The molecule has 4 aromatic rings. The van der Waals surface area contributed by atoms with Gasteiger partial charge in [0.1, 0.15) is 0 Å². The average molecular weight is 478 g/mol. The summed E-state index contributed by atoms with van der Waals surface area (Å²) in [5.41, 5.74) is 9.87. The minimum atomic E-state index is 0.200. The Balaban J connectivity index is 2.10. The number of fused-ring (bicyclic) bond motifs is 1. The van der Waals surface area contributed by atoms with Crippen LogP contribution in [-0.2, 0) is 7.05 Å². The van der Waals surface area contributed by atoms with Crippen LogP contribution in [0.15, 0.2) is 55.6 Å². The second-order valence-corrected chi connectivity index (χ2v) is 9.66. The Kier molecular flexibility index (Phi) is 7.48. The molecule has 0 bridgehead atoms. The van der Waals surface area contributed by atoms with Crippen LogP contribution in [0.25, 0.3) is 22.0 Å². The van der Waals surface area contributed by atoms with Crippen molar-refractivity contribution in [2.24, 2.45) is 7.05 Å². The van der Waals surface area contributed by atoms with Crippen molar-refractivity contribution in [3.8, 4) is 0 Å². The van der Waals surface area contributed by atoms with Crippen LogP contribution in [0.3, 0.4) is 0 Å². The van der Waals surface area contributed by atoms with E-state index in [9.17, 15) is 0 Å². The van der Waals surface area contributed by atoms with Crippen LogP contribution in [0.1, 0.15) is 67.0 Å². The molecule has 1 atom stereocenters. The Bertz CT molecular complexity index is 1430. The maximum absolute atomic E-state index is 6.03. The summed E-state index contributed by atoms with van der Waals surface area (Å²) in [5.74, 6) is 0.200. The van der Waals surface area contributed by atoms with Gasteiger partial charge >= 0.3 is 0 Å². The Morgan fingerprint density at radius 1 is 1.17 bits per heavy atom. The van der Waals surface area contributed by atoms with Gasteiger partial charge < -0.3 is 9.49 Å². The highest BCUT2D eigenvalue weighted by Gasteiger charge is 2.25. The molecule has 0 spiro atoms. The van der Waals surface area contributed by atoms with Crippen molar-refractivity contribution < 1.29 is 0 Å². The van der Waals surface area contributed by atoms with Gasteiger partial charge in [-0.15, -0.1) is 6.58 Å². The fourth-order valence-corrected chi connectivity index (χ4v) is 4.98. The van der Waals surface area contributed by atoms with Crippen molar-refractivity contribution in [2.75, 3.05) is 19.0 Å². The van der Waals surface area contributed by atoms with Gasteiger partial charge in [-0.3, -0.25) is 9.67 Å². The highest BCUT2D eigenvalue weighted by molar-refractivity contribution is 6.11. The Hall–Kier alpha value is -3.61. The van der Waals surface area contributed by atoms with Crippen LogP contribution in [0, 0.1) is 6.92 Å². The van der Waals surface area contributed by atoms with E-state index in [1.807, 2.05) is 36.4 Å². The first kappa shape index (κ1) is 25.5. The van der Waals surface area contributed by atoms with Gasteiger partial charge in [-0.05, 0) is 54.7 Å². The van der Waals surface area contributed by atoms with Crippen molar-refractivity contribution in [1.29, 1.82) is 0 Å². The number of hydrogen-bond donors (Lipinski definition) is 0. The summed E-state index contributed by atoms with van der Waals surface area (Å²) in [5, 5.41) is 9.71. The molecule has 0 N–H and O–H groups in total. The van der Waals surface area contributed by atoms with Crippen molar-refractivity contribution in [3.05, 3.63) is 83.6 Å². The molecule has 184 valence electrons. The second kappa shape index (κ2) is 10.6. The molecule has 2 radical (unpaired) electrons. The number of pyridine rings is 1. The van der Waals surface area contributed by atoms with Gasteiger partial charge in [0.15, 0.2) is 0 Å². The number of aromatic nitrogens is 5. The molecule has 3 aromatic heterocycles. The molecule has 1 unspecified atom stereocenters. The summed E-state index contributed by atoms with van der Waals surface area (Å²) in [6.07, 6.45) is 13.2. The summed E-state index contributed by atoms with van der Waals surface area (Å²) in [6.45, 7) is 10.8. The van der Waals surface area contributed by atoms with Crippen LogP contribution < -0.4 is 4.90 Å². The topological polar surface area (TPSA) is 51.8 Å². The second-order valence-electron chi connectivity index (χ2n) is 9.66. The lowest BCUT2D eigenvalue weighted by Gasteiger charge is -2.28. The molecular weight excluding hydrogens is 443 g/mol. The number of hydrogen-bond acceptors (Lipinski definition) is 4. The first-order chi connectivity index (χ1) is 17.3. The van der Waals surface area contributed by atoms with Gasteiger partial charge in [0, 0.05) is 55.5 Å². The third-order valence-corrected chi connectivity index (χ3v) is 6.94. The average Bonchev–Trinajstić information content (AvgIpc) is 3.46. The lowest BCUT2D eigenvalue weighted by atomic mass is 9.81. The molecule has 0 saturated heterocycles. The van der Waals surface area contributed by atoms with Gasteiger partial charge in [-0.1, -0.05) is 31.9 Å². The van der Waals surface area contributed by atoms with Gasteiger partial charge in [-0.25, -0.2) is 0 Å². The molecule has 6 nitrogen and oxygen atoms in total. The number of benzene rings is 1. The highest BCUT2D eigenvalue weighted by atomic mass is 15.2. The summed E-state index contributed by atoms with van der Waals surface area (Å²) in [6, 6.07) is 6.33. The molecule has 4 rings (SSSR count). The van der Waals surface area contributed by atoms with Crippen LogP contribution in [0.5, 0.6) is 0 Å². The van der Waals surface area contributed by atoms with Gasteiger partial charge in [-0.2, -0.15) is 10.2 Å². The van der Waals surface area contributed by atoms with Crippen LogP contribution in [-0.4, -0.2) is 46.5 Å². The zero-order valence-corrected chi connectivity index (χ0v) is 22.3. The summed E-state index contributed by atoms with van der Waals surface area (Å²) in [7, 11) is 12.1. The number of rotatable bonds is 9. The van der Waals surface area contributed by atoms with Crippen molar-refractivity contribution in [3.63, 3.8) is 0 Å². The SMILES string of the molecule is [B]n1ncc2cc(/C(=C(/C)c3cnn(C)c3)c3c(C)ncc(N(C)C)c3C(C=C)CCCC)ccc21. The smallest absolute Gasteiger partial charge is 0.265 e. The fourth-order valence-electron chi connectivity index (χ4n) is 4.98. The third-order valence-electron chi connectivity index (χ3n) is 6.94. The standard InChI is InChI=1S/C29H35BN6/c1-8-10-11-21(9-2)29-26(34(5)6)17-31-20(4)28(29)27(19(3)24-16-32-35(7)18-24)22-12-13-25-23(14-22)15-33-36(25)30/h9,12-18,21H,2,8,10-11H2,1,3-7H3/b27-19+. The van der Waals surface area contributed by atoms with Crippen molar-refractivity contribution >= 4 is 35.7 Å². The molecule has 3 heterocycles. The molecule has 36 heavy (non-hydrogen) atoms. The van der Waals surface area contributed by atoms with E-state index >= 15 is 0 Å². The third kappa shape index (κ3) is 4.75. The Morgan fingerprint density at radius 2 is 1.94 bits per heavy atom. The van der Waals surface area contributed by atoms with E-state index in [4.69, 9.17) is 13.0 Å². The predicted molar refractivity (Wildman–Crippen MR) is 151 cm³/mol. The zero-order chi connectivity index (χ0) is 26.0. The van der Waals surface area contributed by atoms with E-state index in [1.54, 1.807) is 0 Å². The van der Waals surface area contributed by atoms with Gasteiger partial charge in [0.2, 0.25) is 0 Å². The molecule has 0 aliphatic heterocycles. The van der Waals surface area contributed by atoms with Crippen LogP contribution >= 0.6 is 0 Å². The molecule has 0 aliphatic carbocycles. The van der Waals surface area contributed by atoms with E-state index < -0.39 is 0 Å². The quantitative estimate of drug-likeness (QED) is 0.222. The largest absolute Gasteiger partial charge is 0.376 e. The minimum absolute atomic E-state index is 0.200.